The first-order valence-corrected chi connectivity index (χ1v) is 15.1. The third-order valence-electron chi connectivity index (χ3n) is 7.99. The van der Waals surface area contributed by atoms with E-state index in [0.717, 1.165) is 4.57 Å². The second-order valence-electron chi connectivity index (χ2n) is 11.0. The highest BCUT2D eigenvalue weighted by atomic mass is 15.0. The molecule has 0 atom stereocenters. The lowest BCUT2D eigenvalue weighted by Gasteiger charge is -2.11. The third-order valence-corrected chi connectivity index (χ3v) is 7.99. The molecule has 0 saturated carbocycles. The summed E-state index contributed by atoms with van der Waals surface area (Å²) in [4.78, 5) is 0. The van der Waals surface area contributed by atoms with Gasteiger partial charge in [-0.1, -0.05) is 127 Å². The molecule has 0 aliphatic carbocycles. The Bertz CT molecular complexity index is 4620. The first-order valence-electron chi connectivity index (χ1n) is 30.6. The number of fused-ring (bicyclic) bond motifs is 6. The summed E-state index contributed by atoms with van der Waals surface area (Å²) in [5.74, 6) is 0. The van der Waals surface area contributed by atoms with E-state index < -0.39 is 276 Å². The van der Waals surface area contributed by atoms with Crippen LogP contribution in [0, 0.1) is 6.92 Å². The SMILES string of the molecule is [2H]c1c([2H])c([2H])c(-c2c([2H])c([2H])c(-n3c4c([2H])c([2H])c(-c5c([2H])c([2H])c6c(c5[2H])c5c([2H])c([2H])c([2H])c([2H])c5n6-c5c([2H])c([2H])c([2H])c(-c6c([2H])c([2H])c([2H])c([2H])c6[2H])c5[2H])c([2H])c4c4c([2H])c([2H])c(C)c([2H])c43)c([2H])c2[2H])c([2H])c1[2H]. The minimum Gasteiger partial charge on any atom is -0.309 e. The normalized spacial score (nSPS) is 20.1. The van der Waals surface area contributed by atoms with Crippen LogP contribution in [-0.2, 0) is 0 Å². The van der Waals surface area contributed by atoms with E-state index in [4.69, 9.17) is 24.7 Å². The van der Waals surface area contributed by atoms with Crippen LogP contribution in [0.5, 0.6) is 0 Å². The van der Waals surface area contributed by atoms with Gasteiger partial charge in [-0.25, -0.2) is 0 Å². The summed E-state index contributed by atoms with van der Waals surface area (Å²) in [5, 5.41) is -2.43. The van der Waals surface area contributed by atoms with Crippen LogP contribution in [0.4, 0.5) is 0 Å². The molecule has 0 fully saturated rings. The third kappa shape index (κ3) is 4.87. The number of rotatable bonds is 5. The first kappa shape index (κ1) is 11.7. The van der Waals surface area contributed by atoms with E-state index in [1.807, 2.05) is 0 Å². The van der Waals surface area contributed by atoms with E-state index in [1.54, 1.807) is 0 Å². The number of aromatic nitrogens is 2. The zero-order chi connectivity index (χ0) is 60.9. The molecule has 0 aliphatic heterocycles. The molecule has 51 heavy (non-hydrogen) atoms. The van der Waals surface area contributed by atoms with Gasteiger partial charge in [-0.05, 0) is 106 Å². The zero-order valence-electron chi connectivity index (χ0n) is 56.9. The summed E-state index contributed by atoms with van der Waals surface area (Å²) < 4.78 is 280. The summed E-state index contributed by atoms with van der Waals surface area (Å²) in [6, 6.07) is -28.8. The number of hydrogen-bond acceptors (Lipinski definition) is 0. The fourth-order valence-electron chi connectivity index (χ4n) is 5.77. The van der Waals surface area contributed by atoms with Crippen molar-refractivity contribution in [3.8, 4) is 44.8 Å². The fourth-order valence-corrected chi connectivity index (χ4v) is 5.77. The fraction of sp³-hybridized carbons (Fsp3) is 0.0204. The van der Waals surface area contributed by atoms with Crippen LogP contribution in [-0.4, -0.2) is 9.13 Å². The molecule has 2 heterocycles. The maximum absolute atomic E-state index is 9.91. The molecule has 2 nitrogen and oxygen atoms in total. The Morgan fingerprint density at radius 3 is 1.49 bits per heavy atom. The Morgan fingerprint density at radius 2 is 0.804 bits per heavy atom. The molecule has 0 saturated heterocycles. The van der Waals surface area contributed by atoms with Crippen LogP contribution in [0.3, 0.4) is 0 Å². The summed E-state index contributed by atoms with van der Waals surface area (Å²) >= 11 is 0. The molecule has 240 valence electrons. The van der Waals surface area contributed by atoms with Gasteiger partial charge >= 0.3 is 0 Å². The Labute approximate surface area is 340 Å². The van der Waals surface area contributed by atoms with Gasteiger partial charge in [0.05, 0.1) is 64.6 Å². The molecule has 2 aromatic heterocycles. The van der Waals surface area contributed by atoms with E-state index in [1.165, 1.54) is 6.92 Å². The van der Waals surface area contributed by atoms with Crippen LogP contribution in [0.1, 0.15) is 48.1 Å². The van der Waals surface area contributed by atoms with Crippen LogP contribution in [0.25, 0.3) is 88.4 Å². The summed E-state index contributed by atoms with van der Waals surface area (Å²) in [7, 11) is 0. The van der Waals surface area contributed by atoms with Crippen molar-refractivity contribution >= 4 is 43.6 Å². The molecular formula is C49H34N2. The topological polar surface area (TPSA) is 9.86 Å². The molecule has 0 unspecified atom stereocenters. The lowest BCUT2D eigenvalue weighted by molar-refractivity contribution is 1.18. The summed E-state index contributed by atoms with van der Waals surface area (Å²) in [6.07, 6.45) is 0. The molecule has 2 heteroatoms. The Kier molecular flexibility index (Phi) is 2.70. The molecule has 8 aromatic carbocycles. The van der Waals surface area contributed by atoms with Gasteiger partial charge in [0, 0.05) is 32.9 Å². The zero-order valence-corrected chi connectivity index (χ0v) is 25.9. The lowest BCUT2D eigenvalue weighted by Crippen LogP contribution is -1.94. The maximum Gasteiger partial charge on any atom is 0.0651 e. The quantitative estimate of drug-likeness (QED) is 0.171. The van der Waals surface area contributed by atoms with Gasteiger partial charge in [0.25, 0.3) is 0 Å². The Morgan fingerprint density at radius 1 is 0.314 bits per heavy atom. The summed E-state index contributed by atoms with van der Waals surface area (Å²) in [5.41, 5.74) is -9.18. The van der Waals surface area contributed by atoms with Crippen molar-refractivity contribution in [3.05, 3.63) is 193 Å². The second kappa shape index (κ2) is 11.8. The van der Waals surface area contributed by atoms with Crippen LogP contribution >= 0.6 is 0 Å². The highest BCUT2D eigenvalue weighted by Crippen LogP contribution is 2.39. The Hall–Kier alpha value is -6.64. The molecule has 0 spiro atoms. The predicted molar refractivity (Wildman–Crippen MR) is 216 cm³/mol. The van der Waals surface area contributed by atoms with E-state index in [9.17, 15) is 17.8 Å². The van der Waals surface area contributed by atoms with Crippen LogP contribution < -0.4 is 0 Å². The van der Waals surface area contributed by atoms with E-state index in [-0.39, 0.29) is 5.56 Å². The molecule has 10 aromatic rings. The van der Waals surface area contributed by atoms with E-state index >= 15 is 0 Å². The van der Waals surface area contributed by atoms with Gasteiger partial charge in [-0.3, -0.25) is 0 Å². The molecule has 0 radical (unpaired) electrons. The molecule has 10 rings (SSSR count). The predicted octanol–water partition coefficient (Wildman–Crippen LogP) is 13.2. The number of hydrogen-bond donors (Lipinski definition) is 0. The molecule has 0 N–H and O–H groups in total. The monoisotopic (exact) mass is 681 g/mol. The molecule has 0 bridgehead atoms. The van der Waals surface area contributed by atoms with Crippen molar-refractivity contribution in [2.24, 2.45) is 0 Å². The lowest BCUT2D eigenvalue weighted by atomic mass is 10.0. The number of benzene rings is 8. The average molecular weight is 682 g/mol. The molecule has 0 aliphatic rings. The van der Waals surface area contributed by atoms with Gasteiger partial charge in [0.1, 0.15) is 0 Å². The summed E-state index contributed by atoms with van der Waals surface area (Å²) in [6.45, 7) is 1.26. The van der Waals surface area contributed by atoms with Gasteiger partial charge in [0.2, 0.25) is 0 Å². The van der Waals surface area contributed by atoms with Gasteiger partial charge in [-0.2, -0.15) is 0 Å². The van der Waals surface area contributed by atoms with E-state index in [2.05, 4.69) is 0 Å². The number of para-hydroxylation sites is 1. The van der Waals surface area contributed by atoms with Gasteiger partial charge in [-0.15, -0.1) is 0 Å². The van der Waals surface area contributed by atoms with Gasteiger partial charge < -0.3 is 9.13 Å². The number of nitrogens with zero attached hydrogens (tertiary/aromatic N) is 2. The van der Waals surface area contributed by atoms with Crippen LogP contribution in [0.2, 0.25) is 0 Å². The largest absolute Gasteiger partial charge is 0.309 e. The van der Waals surface area contributed by atoms with Crippen molar-refractivity contribution in [1.82, 2.24) is 9.13 Å². The van der Waals surface area contributed by atoms with Crippen molar-refractivity contribution < 1.29 is 42.5 Å². The minimum absolute atomic E-state index is 0.203. The Balaban J connectivity index is 1.38. The highest BCUT2D eigenvalue weighted by Gasteiger charge is 2.17. The standard InChI is InChI=1S/C49H34N2/c1-33-19-26-43-45-32-39(22-27-47(45)50(49(43)29-33)40-24-20-36(21-25-40)34-11-4-2-5-12-34)38-23-28-48-44(31-38)42-17-8-9-18-46(42)51(48)41-16-10-15-37(30-41)35-13-6-3-7-14-35/h2-32H,1H3/i2D,3D,4D,5D,6D,7D,8D,9D,10D,11D,12D,13D,14D,15D,16D,17D,18D,19D,20D,21D,22D,23D,24D,25D,26D,27D,28D,29D,30D,31D,32D. The average Bonchev–Trinajstić information content (AvgIpc) is 1.78. The van der Waals surface area contributed by atoms with Crippen molar-refractivity contribution in [2.75, 3.05) is 0 Å². The smallest absolute Gasteiger partial charge is 0.0651 e. The van der Waals surface area contributed by atoms with Gasteiger partial charge in [0.15, 0.2) is 0 Å². The van der Waals surface area contributed by atoms with Crippen molar-refractivity contribution in [1.29, 1.82) is 0 Å². The highest BCUT2D eigenvalue weighted by molar-refractivity contribution is 6.12. The minimum atomic E-state index is -1.08. The van der Waals surface area contributed by atoms with E-state index in [0.29, 0.717) is 4.57 Å². The molecule has 0 amide bonds. The van der Waals surface area contributed by atoms with Crippen molar-refractivity contribution in [3.63, 3.8) is 0 Å². The first-order chi connectivity index (χ1) is 38.1. The van der Waals surface area contributed by atoms with Crippen LogP contribution in [0.15, 0.2) is 187 Å². The second-order valence-corrected chi connectivity index (χ2v) is 11.0. The van der Waals surface area contributed by atoms with Crippen molar-refractivity contribution in [2.45, 2.75) is 6.92 Å². The maximum atomic E-state index is 9.91. The molecular weight excluding hydrogens is 617 g/mol.